The molecule has 0 N–H and O–H groups in total. The van der Waals surface area contributed by atoms with Gasteiger partial charge in [-0.05, 0) is 97.2 Å². The highest BCUT2D eigenvalue weighted by Gasteiger charge is 2.21. The standard InChI is InChI=1S/C50H93NO10/c1-7-11-15-18-20-23-32-44(33-24-21-19-16-12-8-2)60-49(55)37-28-27-36-48(54)59-42-45(61-50(56)38-29-39-51(5)6)41-58-47(53)35-26-25-34-46(52)57-40-43(30-14-10-4)31-22-17-13-9-3/h43-45H,7-42H2,1-6H3. The number of carbonyl (C=O) groups is 5. The highest BCUT2D eigenvalue weighted by Crippen LogP contribution is 2.20. The monoisotopic (exact) mass is 868 g/mol. The molecule has 0 aromatic carbocycles. The molecule has 61 heavy (non-hydrogen) atoms. The van der Waals surface area contributed by atoms with Crippen LogP contribution in [0.4, 0.5) is 0 Å². The van der Waals surface area contributed by atoms with Crippen molar-refractivity contribution in [3.63, 3.8) is 0 Å². The Balaban J connectivity index is 4.77. The van der Waals surface area contributed by atoms with Gasteiger partial charge in [-0.2, -0.15) is 0 Å². The molecule has 0 fully saturated rings. The minimum atomic E-state index is -0.942. The summed E-state index contributed by atoms with van der Waals surface area (Å²) in [5.74, 6) is -1.46. The van der Waals surface area contributed by atoms with Gasteiger partial charge in [-0.25, -0.2) is 0 Å². The maximum absolute atomic E-state index is 12.8. The average molecular weight is 868 g/mol. The van der Waals surface area contributed by atoms with E-state index in [1.807, 2.05) is 19.0 Å². The van der Waals surface area contributed by atoms with Crippen molar-refractivity contribution in [1.82, 2.24) is 4.90 Å². The van der Waals surface area contributed by atoms with Crippen molar-refractivity contribution >= 4 is 29.8 Å². The molecule has 0 spiro atoms. The van der Waals surface area contributed by atoms with Gasteiger partial charge >= 0.3 is 29.8 Å². The zero-order valence-electron chi connectivity index (χ0n) is 40.2. The third kappa shape index (κ3) is 39.9. The molecule has 0 saturated heterocycles. The lowest BCUT2D eigenvalue weighted by atomic mass is 9.96. The minimum Gasteiger partial charge on any atom is -0.465 e. The average Bonchev–Trinajstić information content (AvgIpc) is 3.23. The lowest BCUT2D eigenvalue weighted by Crippen LogP contribution is -2.31. The number of carbonyl (C=O) groups excluding carboxylic acids is 5. The van der Waals surface area contributed by atoms with E-state index in [9.17, 15) is 24.0 Å². The molecule has 11 heteroatoms. The molecule has 0 radical (unpaired) electrons. The van der Waals surface area contributed by atoms with Crippen molar-refractivity contribution in [2.75, 3.05) is 40.5 Å². The van der Waals surface area contributed by atoms with Crippen LogP contribution in [0.25, 0.3) is 0 Å². The van der Waals surface area contributed by atoms with Crippen LogP contribution in [0.1, 0.15) is 233 Å². The molecule has 2 atom stereocenters. The van der Waals surface area contributed by atoms with Crippen molar-refractivity contribution in [1.29, 1.82) is 0 Å². The molecule has 0 saturated carbocycles. The Hall–Kier alpha value is -2.69. The topological polar surface area (TPSA) is 135 Å². The van der Waals surface area contributed by atoms with Crippen LogP contribution in [0, 0.1) is 5.92 Å². The van der Waals surface area contributed by atoms with E-state index in [2.05, 4.69) is 27.7 Å². The Morgan fingerprint density at radius 1 is 0.361 bits per heavy atom. The van der Waals surface area contributed by atoms with Gasteiger partial charge in [0, 0.05) is 32.1 Å². The smallest absolute Gasteiger partial charge is 0.306 e. The lowest BCUT2D eigenvalue weighted by molar-refractivity contribution is -0.167. The number of unbranched alkanes of at least 4 members (excludes halogenated alkanes) is 16. The Kier molecular flexibility index (Phi) is 40.7. The van der Waals surface area contributed by atoms with E-state index in [0.29, 0.717) is 51.2 Å². The predicted molar refractivity (Wildman–Crippen MR) is 245 cm³/mol. The van der Waals surface area contributed by atoms with Gasteiger partial charge in [0.15, 0.2) is 6.10 Å². The van der Waals surface area contributed by atoms with Crippen molar-refractivity contribution in [3.05, 3.63) is 0 Å². The van der Waals surface area contributed by atoms with Gasteiger partial charge < -0.3 is 28.6 Å². The highest BCUT2D eigenvalue weighted by atomic mass is 16.6. The summed E-state index contributed by atoms with van der Waals surface area (Å²) in [6, 6.07) is 0. The number of esters is 5. The van der Waals surface area contributed by atoms with Gasteiger partial charge in [0.05, 0.1) is 6.61 Å². The van der Waals surface area contributed by atoms with Crippen LogP contribution in [0.5, 0.6) is 0 Å². The molecule has 0 aliphatic rings. The molecule has 0 bridgehead atoms. The molecular formula is C50H93NO10. The second-order valence-corrected chi connectivity index (χ2v) is 17.6. The first-order valence-electron chi connectivity index (χ1n) is 25.0. The zero-order chi connectivity index (χ0) is 45.2. The van der Waals surface area contributed by atoms with Gasteiger partial charge in [-0.3, -0.25) is 24.0 Å². The first-order valence-corrected chi connectivity index (χ1v) is 25.0. The Labute approximate surface area is 373 Å². The van der Waals surface area contributed by atoms with Crippen LogP contribution in [-0.2, 0) is 47.7 Å². The van der Waals surface area contributed by atoms with E-state index < -0.39 is 24.0 Å². The third-order valence-electron chi connectivity index (χ3n) is 11.1. The van der Waals surface area contributed by atoms with Crippen LogP contribution in [-0.4, -0.2) is 87.4 Å². The molecule has 0 amide bonds. The van der Waals surface area contributed by atoms with Crippen molar-refractivity contribution in [3.8, 4) is 0 Å². The highest BCUT2D eigenvalue weighted by molar-refractivity contribution is 5.72. The fourth-order valence-electron chi connectivity index (χ4n) is 7.25. The molecule has 0 rings (SSSR count). The number of nitrogens with zero attached hydrogens (tertiary/aromatic N) is 1. The van der Waals surface area contributed by atoms with E-state index in [4.69, 9.17) is 23.7 Å². The van der Waals surface area contributed by atoms with Gasteiger partial charge in [0.2, 0.25) is 0 Å². The molecule has 0 aliphatic carbocycles. The van der Waals surface area contributed by atoms with Crippen LogP contribution in [0.15, 0.2) is 0 Å². The van der Waals surface area contributed by atoms with Gasteiger partial charge in [0.25, 0.3) is 0 Å². The normalized spacial score (nSPS) is 12.3. The zero-order valence-corrected chi connectivity index (χ0v) is 40.2. The third-order valence-corrected chi connectivity index (χ3v) is 11.1. The summed E-state index contributed by atoms with van der Waals surface area (Å²) in [4.78, 5) is 65.0. The van der Waals surface area contributed by atoms with Gasteiger partial charge in [-0.15, -0.1) is 0 Å². The summed E-state index contributed by atoms with van der Waals surface area (Å²) in [5, 5.41) is 0. The van der Waals surface area contributed by atoms with Gasteiger partial charge in [0.1, 0.15) is 19.3 Å². The molecule has 0 heterocycles. The Morgan fingerprint density at radius 3 is 1.16 bits per heavy atom. The SMILES string of the molecule is CCCCCCCCC(CCCCCCCC)OC(=O)CCCCC(=O)OCC(COC(=O)CCCCC(=O)OCC(CCCC)CCCCCC)OC(=O)CCCN(C)C. The van der Waals surface area contributed by atoms with E-state index in [1.54, 1.807) is 0 Å². The summed E-state index contributed by atoms with van der Waals surface area (Å²) < 4.78 is 28.0. The summed E-state index contributed by atoms with van der Waals surface area (Å²) >= 11 is 0. The fraction of sp³-hybridized carbons (Fsp3) is 0.900. The lowest BCUT2D eigenvalue weighted by Gasteiger charge is -2.19. The van der Waals surface area contributed by atoms with E-state index in [0.717, 1.165) is 51.4 Å². The number of hydrogen-bond acceptors (Lipinski definition) is 11. The molecule has 2 unspecified atom stereocenters. The second kappa shape index (κ2) is 42.6. The van der Waals surface area contributed by atoms with E-state index in [-0.39, 0.29) is 63.4 Å². The summed E-state index contributed by atoms with van der Waals surface area (Å²) in [6.07, 6.45) is 27.9. The number of rotatable bonds is 44. The summed E-state index contributed by atoms with van der Waals surface area (Å²) in [5.41, 5.74) is 0. The predicted octanol–water partition coefficient (Wildman–Crippen LogP) is 12.2. The second-order valence-electron chi connectivity index (χ2n) is 17.6. The van der Waals surface area contributed by atoms with Crippen molar-refractivity contribution in [2.45, 2.75) is 245 Å². The first kappa shape index (κ1) is 58.3. The molecule has 11 nitrogen and oxygen atoms in total. The molecule has 0 aromatic rings. The van der Waals surface area contributed by atoms with Crippen LogP contribution >= 0.6 is 0 Å². The fourth-order valence-corrected chi connectivity index (χ4v) is 7.25. The van der Waals surface area contributed by atoms with E-state index in [1.165, 1.54) is 89.9 Å². The maximum atomic E-state index is 12.8. The maximum Gasteiger partial charge on any atom is 0.306 e. The quantitative estimate of drug-likeness (QED) is 0.0329. The molecule has 0 aromatic heterocycles. The van der Waals surface area contributed by atoms with Crippen molar-refractivity contribution in [2.24, 2.45) is 5.92 Å². The summed E-state index contributed by atoms with van der Waals surface area (Å²) in [6.45, 7) is 9.51. The van der Waals surface area contributed by atoms with Crippen LogP contribution in [0.3, 0.4) is 0 Å². The van der Waals surface area contributed by atoms with Crippen LogP contribution < -0.4 is 0 Å². The minimum absolute atomic E-state index is 0.0434. The van der Waals surface area contributed by atoms with Crippen molar-refractivity contribution < 1.29 is 47.7 Å². The molecule has 358 valence electrons. The molecular weight excluding hydrogens is 775 g/mol. The number of ether oxygens (including phenoxy) is 5. The summed E-state index contributed by atoms with van der Waals surface area (Å²) in [7, 11) is 3.84. The Bertz CT molecular complexity index is 1070. The molecule has 0 aliphatic heterocycles. The largest absolute Gasteiger partial charge is 0.465 e. The van der Waals surface area contributed by atoms with E-state index >= 15 is 0 Å². The van der Waals surface area contributed by atoms with Crippen LogP contribution in [0.2, 0.25) is 0 Å². The van der Waals surface area contributed by atoms with Gasteiger partial charge in [-0.1, -0.05) is 130 Å². The first-order chi connectivity index (χ1) is 29.5. The number of hydrogen-bond donors (Lipinski definition) is 0. The Morgan fingerprint density at radius 2 is 0.705 bits per heavy atom.